The van der Waals surface area contributed by atoms with Crippen molar-refractivity contribution in [1.29, 1.82) is 0 Å². The summed E-state index contributed by atoms with van der Waals surface area (Å²) in [4.78, 5) is 15.8. The summed E-state index contributed by atoms with van der Waals surface area (Å²) in [6.07, 6.45) is 0.603. The van der Waals surface area contributed by atoms with E-state index in [0.29, 0.717) is 32.8 Å². The van der Waals surface area contributed by atoms with Crippen LogP contribution < -0.4 is 0 Å². The van der Waals surface area contributed by atoms with Gasteiger partial charge in [0.2, 0.25) is 5.91 Å². The van der Waals surface area contributed by atoms with Crippen molar-refractivity contribution >= 4 is 5.91 Å². The minimum Gasteiger partial charge on any atom is -0.382 e. The Morgan fingerprint density at radius 2 is 1.55 bits per heavy atom. The molecule has 0 unspecified atom stereocenters. The van der Waals surface area contributed by atoms with Crippen LogP contribution in [0, 0.1) is 0 Å². The molecule has 0 aromatic rings. The SMILES string of the molecule is CCC(=O)N1CCN(CCOCCOCCOC)CC1. The third kappa shape index (κ3) is 7.19. The number of carbonyl (C=O) groups is 1. The molecule has 0 aromatic carbocycles. The Balaban J connectivity index is 1.93. The Morgan fingerprint density at radius 3 is 2.15 bits per heavy atom. The van der Waals surface area contributed by atoms with Crippen LogP contribution in [0.5, 0.6) is 0 Å². The van der Waals surface area contributed by atoms with Crippen molar-refractivity contribution in [2.24, 2.45) is 0 Å². The summed E-state index contributed by atoms with van der Waals surface area (Å²) in [5, 5.41) is 0. The lowest BCUT2D eigenvalue weighted by Crippen LogP contribution is -2.49. The normalized spacial score (nSPS) is 16.6. The monoisotopic (exact) mass is 288 g/mol. The zero-order valence-electron chi connectivity index (χ0n) is 12.8. The van der Waals surface area contributed by atoms with Gasteiger partial charge in [-0.1, -0.05) is 6.92 Å². The first-order valence-electron chi connectivity index (χ1n) is 7.42. The van der Waals surface area contributed by atoms with Crippen LogP contribution in [0.1, 0.15) is 13.3 Å². The maximum atomic E-state index is 11.5. The van der Waals surface area contributed by atoms with Crippen LogP contribution in [0.15, 0.2) is 0 Å². The van der Waals surface area contributed by atoms with E-state index in [1.165, 1.54) is 0 Å². The molecule has 0 radical (unpaired) electrons. The molecule has 118 valence electrons. The number of amides is 1. The second-order valence-corrected chi connectivity index (χ2v) is 4.79. The van der Waals surface area contributed by atoms with Crippen molar-refractivity contribution in [2.45, 2.75) is 13.3 Å². The molecule has 1 saturated heterocycles. The van der Waals surface area contributed by atoms with E-state index >= 15 is 0 Å². The highest BCUT2D eigenvalue weighted by atomic mass is 16.5. The van der Waals surface area contributed by atoms with E-state index in [-0.39, 0.29) is 5.91 Å². The Bertz CT molecular complexity index is 256. The van der Waals surface area contributed by atoms with Gasteiger partial charge in [-0.05, 0) is 0 Å². The molecule has 20 heavy (non-hydrogen) atoms. The van der Waals surface area contributed by atoms with Crippen LogP contribution in [0.3, 0.4) is 0 Å². The lowest BCUT2D eigenvalue weighted by Gasteiger charge is -2.34. The second kappa shape index (κ2) is 11.0. The molecule has 1 aliphatic rings. The van der Waals surface area contributed by atoms with E-state index in [0.717, 1.165) is 39.3 Å². The molecule has 0 spiro atoms. The standard InChI is InChI=1S/C14H28N2O4/c1-3-14(17)16-6-4-15(5-7-16)8-9-19-12-13-20-11-10-18-2/h3-13H2,1-2H3. The summed E-state index contributed by atoms with van der Waals surface area (Å²) in [7, 11) is 1.66. The fourth-order valence-corrected chi connectivity index (χ4v) is 2.10. The highest BCUT2D eigenvalue weighted by Crippen LogP contribution is 2.03. The van der Waals surface area contributed by atoms with E-state index in [9.17, 15) is 4.79 Å². The summed E-state index contributed by atoms with van der Waals surface area (Å²) in [5.41, 5.74) is 0. The molecule has 0 N–H and O–H groups in total. The number of carbonyl (C=O) groups excluding carboxylic acids is 1. The summed E-state index contributed by atoms with van der Waals surface area (Å²) in [5.74, 6) is 0.258. The fourth-order valence-electron chi connectivity index (χ4n) is 2.10. The first-order chi connectivity index (χ1) is 9.77. The molecule has 0 aliphatic carbocycles. The third-order valence-corrected chi connectivity index (χ3v) is 3.38. The first kappa shape index (κ1) is 17.4. The van der Waals surface area contributed by atoms with Gasteiger partial charge < -0.3 is 19.1 Å². The van der Waals surface area contributed by atoms with E-state index in [1.807, 2.05) is 11.8 Å². The quantitative estimate of drug-likeness (QED) is 0.538. The number of rotatable bonds is 10. The molecule has 6 heteroatoms. The van der Waals surface area contributed by atoms with Crippen LogP contribution in [0.25, 0.3) is 0 Å². The maximum absolute atomic E-state index is 11.5. The molecule has 1 fully saturated rings. The predicted molar refractivity (Wildman–Crippen MR) is 76.8 cm³/mol. The molecule has 1 amide bonds. The third-order valence-electron chi connectivity index (χ3n) is 3.38. The van der Waals surface area contributed by atoms with Crippen LogP contribution in [0.2, 0.25) is 0 Å². The minimum absolute atomic E-state index is 0.258. The number of piperazine rings is 1. The van der Waals surface area contributed by atoms with Gasteiger partial charge >= 0.3 is 0 Å². The summed E-state index contributed by atoms with van der Waals surface area (Å²) >= 11 is 0. The average Bonchev–Trinajstić information content (AvgIpc) is 2.50. The predicted octanol–water partition coefficient (Wildman–Crippen LogP) is 0.220. The zero-order valence-corrected chi connectivity index (χ0v) is 12.8. The van der Waals surface area contributed by atoms with Gasteiger partial charge in [-0.15, -0.1) is 0 Å². The van der Waals surface area contributed by atoms with Crippen LogP contribution in [-0.2, 0) is 19.0 Å². The van der Waals surface area contributed by atoms with Crippen molar-refractivity contribution in [3.05, 3.63) is 0 Å². The van der Waals surface area contributed by atoms with Crippen molar-refractivity contribution in [3.63, 3.8) is 0 Å². The Kier molecular flexibility index (Phi) is 9.57. The lowest BCUT2D eigenvalue weighted by atomic mass is 10.3. The Morgan fingerprint density at radius 1 is 0.950 bits per heavy atom. The van der Waals surface area contributed by atoms with Gasteiger partial charge in [-0.25, -0.2) is 0 Å². The van der Waals surface area contributed by atoms with E-state index < -0.39 is 0 Å². The van der Waals surface area contributed by atoms with Gasteiger partial charge in [0.05, 0.1) is 33.0 Å². The number of methoxy groups -OCH3 is 1. The topological polar surface area (TPSA) is 51.2 Å². The average molecular weight is 288 g/mol. The molecule has 0 saturated carbocycles. The van der Waals surface area contributed by atoms with Gasteiger partial charge in [0.25, 0.3) is 0 Å². The molecule has 0 bridgehead atoms. The molecule has 0 atom stereocenters. The molecule has 0 aromatic heterocycles. The summed E-state index contributed by atoms with van der Waals surface area (Å²) < 4.78 is 15.7. The van der Waals surface area contributed by atoms with Gasteiger partial charge in [-0.3, -0.25) is 9.69 Å². The van der Waals surface area contributed by atoms with Crippen molar-refractivity contribution in [3.8, 4) is 0 Å². The van der Waals surface area contributed by atoms with E-state index in [4.69, 9.17) is 14.2 Å². The Labute approximate surface area is 121 Å². The number of nitrogens with zero attached hydrogens (tertiary/aromatic N) is 2. The molecular formula is C14H28N2O4. The number of hydrogen-bond acceptors (Lipinski definition) is 5. The van der Waals surface area contributed by atoms with Crippen LogP contribution in [-0.4, -0.2) is 88.6 Å². The first-order valence-corrected chi connectivity index (χ1v) is 7.42. The Hall–Kier alpha value is -0.690. The highest BCUT2D eigenvalue weighted by molar-refractivity contribution is 5.75. The van der Waals surface area contributed by atoms with Gasteiger partial charge in [-0.2, -0.15) is 0 Å². The summed E-state index contributed by atoms with van der Waals surface area (Å²) in [6.45, 7) is 9.60. The highest BCUT2D eigenvalue weighted by Gasteiger charge is 2.19. The largest absolute Gasteiger partial charge is 0.382 e. The van der Waals surface area contributed by atoms with Gasteiger partial charge in [0.15, 0.2) is 0 Å². The van der Waals surface area contributed by atoms with Crippen LogP contribution in [0.4, 0.5) is 0 Å². The summed E-state index contributed by atoms with van der Waals surface area (Å²) in [6, 6.07) is 0. The lowest BCUT2D eigenvalue weighted by molar-refractivity contribution is -0.132. The number of hydrogen-bond donors (Lipinski definition) is 0. The second-order valence-electron chi connectivity index (χ2n) is 4.79. The molecule has 1 heterocycles. The molecule has 6 nitrogen and oxygen atoms in total. The van der Waals surface area contributed by atoms with Crippen LogP contribution >= 0.6 is 0 Å². The maximum Gasteiger partial charge on any atom is 0.222 e. The molecule has 1 aliphatic heterocycles. The van der Waals surface area contributed by atoms with E-state index in [2.05, 4.69) is 4.90 Å². The smallest absolute Gasteiger partial charge is 0.222 e. The van der Waals surface area contributed by atoms with Crippen molar-refractivity contribution in [2.75, 3.05) is 72.9 Å². The van der Waals surface area contributed by atoms with Crippen molar-refractivity contribution < 1.29 is 19.0 Å². The minimum atomic E-state index is 0.258. The zero-order chi connectivity index (χ0) is 14.6. The number of ether oxygens (including phenoxy) is 3. The van der Waals surface area contributed by atoms with Gasteiger partial charge in [0.1, 0.15) is 0 Å². The molecule has 1 rings (SSSR count). The fraction of sp³-hybridized carbons (Fsp3) is 0.929. The molecular weight excluding hydrogens is 260 g/mol. The van der Waals surface area contributed by atoms with E-state index in [1.54, 1.807) is 7.11 Å². The van der Waals surface area contributed by atoms with Crippen molar-refractivity contribution in [1.82, 2.24) is 9.80 Å². The van der Waals surface area contributed by atoms with Gasteiger partial charge in [0, 0.05) is 46.3 Å².